The Kier molecular flexibility index (Phi) is 4.04. The van der Waals surface area contributed by atoms with Gasteiger partial charge in [-0.3, -0.25) is 0 Å². The summed E-state index contributed by atoms with van der Waals surface area (Å²) in [5.41, 5.74) is 2.72. The Morgan fingerprint density at radius 1 is 1.00 bits per heavy atom. The molecule has 0 radical (unpaired) electrons. The summed E-state index contributed by atoms with van der Waals surface area (Å²) in [7, 11) is 0. The van der Waals surface area contributed by atoms with Crippen LogP contribution >= 0.6 is 0 Å². The molecule has 1 aliphatic carbocycles. The van der Waals surface area contributed by atoms with Gasteiger partial charge in [0.05, 0.1) is 0 Å². The van der Waals surface area contributed by atoms with Crippen molar-refractivity contribution in [2.45, 2.75) is 20.3 Å². The largest absolute Gasteiger partial charge is 0.0805 e. The second-order valence-electron chi connectivity index (χ2n) is 3.24. The average Bonchev–Trinajstić information content (AvgIpc) is 2.58. The van der Waals surface area contributed by atoms with Crippen LogP contribution in [0.15, 0.2) is 54.1 Å². The standard InChI is InChI=1S/C7H8.C6H8/c1-7-5-3-2-4-6-7;1-6-4-2-3-5-6/h2-6H,1H3;2,4-5H,3H2,1H3. The normalized spacial score (nSPS) is 13.2. The highest BCUT2D eigenvalue weighted by atomic mass is 13.9. The third kappa shape index (κ3) is 4.32. The number of hydrogen-bond acceptors (Lipinski definition) is 0. The van der Waals surface area contributed by atoms with Gasteiger partial charge in [-0.05, 0) is 20.3 Å². The third-order valence-electron chi connectivity index (χ3n) is 1.90. The topological polar surface area (TPSA) is 0 Å². The van der Waals surface area contributed by atoms with Gasteiger partial charge >= 0.3 is 0 Å². The Labute approximate surface area is 80.6 Å². The Bertz CT molecular complexity index is 288. The molecule has 0 spiro atoms. The minimum Gasteiger partial charge on any atom is -0.0805 e. The molecule has 68 valence electrons. The van der Waals surface area contributed by atoms with Crippen LogP contribution in [0.2, 0.25) is 0 Å². The lowest BCUT2D eigenvalue weighted by molar-refractivity contribution is 1.42. The molecule has 0 heteroatoms. The number of aryl methyl sites for hydroxylation is 1. The first kappa shape index (κ1) is 9.79. The summed E-state index contributed by atoms with van der Waals surface area (Å²) in [6.45, 7) is 4.20. The summed E-state index contributed by atoms with van der Waals surface area (Å²) in [5.74, 6) is 0. The number of allylic oxidation sites excluding steroid dienone is 4. The molecule has 0 saturated carbocycles. The van der Waals surface area contributed by atoms with E-state index in [4.69, 9.17) is 0 Å². The fourth-order valence-corrected chi connectivity index (χ4v) is 1.11. The highest BCUT2D eigenvalue weighted by Gasteiger charge is 1.84. The first-order valence-corrected chi connectivity index (χ1v) is 4.64. The van der Waals surface area contributed by atoms with Crippen molar-refractivity contribution in [1.29, 1.82) is 0 Å². The fraction of sp³-hybridized carbons (Fsp3) is 0.231. The molecule has 1 aromatic carbocycles. The van der Waals surface area contributed by atoms with E-state index in [0.29, 0.717) is 0 Å². The van der Waals surface area contributed by atoms with Crippen LogP contribution in [0.1, 0.15) is 18.9 Å². The molecule has 0 unspecified atom stereocenters. The molecule has 1 aliphatic rings. The lowest BCUT2D eigenvalue weighted by Crippen LogP contribution is -1.62. The van der Waals surface area contributed by atoms with Crippen LogP contribution in [0.5, 0.6) is 0 Å². The maximum atomic E-state index is 2.21. The zero-order valence-electron chi connectivity index (χ0n) is 8.33. The number of hydrogen-bond donors (Lipinski definition) is 0. The maximum absolute atomic E-state index is 2.21. The second-order valence-corrected chi connectivity index (χ2v) is 3.24. The van der Waals surface area contributed by atoms with E-state index in [2.05, 4.69) is 44.2 Å². The summed E-state index contributed by atoms with van der Waals surface area (Å²) in [6.07, 6.45) is 7.65. The summed E-state index contributed by atoms with van der Waals surface area (Å²) in [6, 6.07) is 10.3. The number of rotatable bonds is 0. The van der Waals surface area contributed by atoms with Crippen molar-refractivity contribution >= 4 is 0 Å². The first-order valence-electron chi connectivity index (χ1n) is 4.64. The average molecular weight is 172 g/mol. The summed E-state index contributed by atoms with van der Waals surface area (Å²) < 4.78 is 0. The van der Waals surface area contributed by atoms with Gasteiger partial charge in [0.1, 0.15) is 0 Å². The van der Waals surface area contributed by atoms with E-state index >= 15 is 0 Å². The highest BCUT2D eigenvalue weighted by molar-refractivity contribution is 5.23. The van der Waals surface area contributed by atoms with Gasteiger partial charge in [0.25, 0.3) is 0 Å². The molecule has 0 nitrogen and oxygen atoms in total. The zero-order valence-corrected chi connectivity index (χ0v) is 8.33. The monoisotopic (exact) mass is 172 g/mol. The molecule has 13 heavy (non-hydrogen) atoms. The maximum Gasteiger partial charge on any atom is -0.0160 e. The molecular weight excluding hydrogens is 156 g/mol. The van der Waals surface area contributed by atoms with Crippen LogP contribution in [0.25, 0.3) is 0 Å². The van der Waals surface area contributed by atoms with Gasteiger partial charge in [-0.25, -0.2) is 0 Å². The van der Waals surface area contributed by atoms with Gasteiger partial charge in [-0.1, -0.05) is 59.7 Å². The Balaban J connectivity index is 0.000000132. The quantitative estimate of drug-likeness (QED) is 0.557. The van der Waals surface area contributed by atoms with Crippen molar-refractivity contribution in [3.8, 4) is 0 Å². The molecule has 0 amide bonds. The van der Waals surface area contributed by atoms with Crippen LogP contribution in [0, 0.1) is 6.92 Å². The number of benzene rings is 1. The fourth-order valence-electron chi connectivity index (χ4n) is 1.11. The second kappa shape index (κ2) is 5.36. The van der Waals surface area contributed by atoms with Gasteiger partial charge in [-0.15, -0.1) is 0 Å². The summed E-state index contributed by atoms with van der Waals surface area (Å²) in [5, 5.41) is 0. The van der Waals surface area contributed by atoms with Crippen molar-refractivity contribution in [3.05, 3.63) is 59.7 Å². The lowest BCUT2D eigenvalue weighted by Gasteiger charge is -1.82. The smallest absolute Gasteiger partial charge is 0.0160 e. The van der Waals surface area contributed by atoms with E-state index in [1.165, 1.54) is 11.1 Å². The Morgan fingerprint density at radius 2 is 1.69 bits per heavy atom. The van der Waals surface area contributed by atoms with E-state index in [9.17, 15) is 0 Å². The van der Waals surface area contributed by atoms with Crippen LogP contribution in [-0.4, -0.2) is 0 Å². The molecule has 0 heterocycles. The highest BCUT2D eigenvalue weighted by Crippen LogP contribution is 2.05. The summed E-state index contributed by atoms with van der Waals surface area (Å²) >= 11 is 0. The molecule has 0 aliphatic heterocycles. The molecule has 0 saturated heterocycles. The predicted octanol–water partition coefficient (Wildman–Crippen LogP) is 3.89. The van der Waals surface area contributed by atoms with Crippen molar-refractivity contribution in [2.75, 3.05) is 0 Å². The van der Waals surface area contributed by atoms with Crippen molar-refractivity contribution in [1.82, 2.24) is 0 Å². The van der Waals surface area contributed by atoms with Gasteiger partial charge in [0.15, 0.2) is 0 Å². The molecular formula is C13H16. The van der Waals surface area contributed by atoms with Crippen molar-refractivity contribution in [3.63, 3.8) is 0 Å². The van der Waals surface area contributed by atoms with Crippen molar-refractivity contribution < 1.29 is 0 Å². The van der Waals surface area contributed by atoms with E-state index in [0.717, 1.165) is 6.42 Å². The van der Waals surface area contributed by atoms with E-state index in [1.807, 2.05) is 18.2 Å². The molecule has 0 N–H and O–H groups in total. The molecule has 2 rings (SSSR count). The Morgan fingerprint density at radius 3 is 1.92 bits per heavy atom. The van der Waals surface area contributed by atoms with Gasteiger partial charge < -0.3 is 0 Å². The van der Waals surface area contributed by atoms with E-state index in [1.54, 1.807) is 0 Å². The van der Waals surface area contributed by atoms with Crippen molar-refractivity contribution in [2.24, 2.45) is 0 Å². The molecule has 0 fully saturated rings. The summed E-state index contributed by atoms with van der Waals surface area (Å²) in [4.78, 5) is 0. The molecule has 0 bridgehead atoms. The first-order chi connectivity index (χ1) is 6.29. The zero-order chi connectivity index (χ0) is 9.52. The predicted molar refractivity (Wildman–Crippen MR) is 58.7 cm³/mol. The molecule has 0 aromatic heterocycles. The lowest BCUT2D eigenvalue weighted by atomic mass is 10.2. The van der Waals surface area contributed by atoms with E-state index in [-0.39, 0.29) is 0 Å². The minimum absolute atomic E-state index is 1.14. The van der Waals surface area contributed by atoms with Crippen LogP contribution in [-0.2, 0) is 0 Å². The van der Waals surface area contributed by atoms with Crippen LogP contribution < -0.4 is 0 Å². The van der Waals surface area contributed by atoms with Gasteiger partial charge in [-0.2, -0.15) is 0 Å². The van der Waals surface area contributed by atoms with Gasteiger partial charge in [0, 0.05) is 0 Å². The van der Waals surface area contributed by atoms with Gasteiger partial charge in [0.2, 0.25) is 0 Å². The molecule has 1 aromatic rings. The van der Waals surface area contributed by atoms with Crippen LogP contribution in [0.4, 0.5) is 0 Å². The SMILES string of the molecule is CC1=CCC=C1.Cc1ccccc1. The van der Waals surface area contributed by atoms with Crippen LogP contribution in [0.3, 0.4) is 0 Å². The van der Waals surface area contributed by atoms with E-state index < -0.39 is 0 Å². The minimum atomic E-state index is 1.14. The Hall–Kier alpha value is -1.30. The third-order valence-corrected chi connectivity index (χ3v) is 1.90. The molecule has 0 atom stereocenters.